The molecule has 38 heavy (non-hydrogen) atoms. The summed E-state index contributed by atoms with van der Waals surface area (Å²) in [5.41, 5.74) is 3.49. The molecule has 0 bridgehead atoms. The molecule has 3 aliphatic carbocycles. The number of benzene rings is 1. The zero-order chi connectivity index (χ0) is 28.3. The van der Waals surface area contributed by atoms with Crippen LogP contribution in [0.4, 0.5) is 0 Å². The van der Waals surface area contributed by atoms with E-state index in [2.05, 4.69) is 106 Å². The van der Waals surface area contributed by atoms with Crippen molar-refractivity contribution >= 4 is 16.6 Å². The first-order chi connectivity index (χ1) is 17.4. The fraction of sp³-hybridized carbons (Fsp3) is 0.765. The minimum Gasteiger partial charge on any atom is -0.543 e. The molecule has 214 valence electrons. The highest BCUT2D eigenvalue weighted by molar-refractivity contribution is 6.75. The Morgan fingerprint density at radius 1 is 0.974 bits per heavy atom. The van der Waals surface area contributed by atoms with E-state index >= 15 is 0 Å². The summed E-state index contributed by atoms with van der Waals surface area (Å²) in [5.74, 6) is 4.02. The Morgan fingerprint density at radius 3 is 2.24 bits per heavy atom. The van der Waals surface area contributed by atoms with Crippen molar-refractivity contribution in [3.8, 4) is 5.75 Å². The van der Waals surface area contributed by atoms with Gasteiger partial charge in [0.25, 0.3) is 0 Å². The number of aryl methyl sites for hydroxylation is 1. The highest BCUT2D eigenvalue weighted by Gasteiger charge is 2.59. The van der Waals surface area contributed by atoms with E-state index in [1.165, 1.54) is 38.5 Å². The zero-order valence-electron chi connectivity index (χ0n) is 26.7. The summed E-state index contributed by atoms with van der Waals surface area (Å²) in [5, 5.41) is 0.470. The van der Waals surface area contributed by atoms with E-state index in [0.29, 0.717) is 23.4 Å². The third-order valence-corrected chi connectivity index (χ3v) is 20.7. The molecule has 2 nitrogen and oxygen atoms in total. The van der Waals surface area contributed by atoms with Gasteiger partial charge in [-0.05, 0) is 134 Å². The van der Waals surface area contributed by atoms with Gasteiger partial charge in [0.05, 0.1) is 6.10 Å². The van der Waals surface area contributed by atoms with E-state index in [4.69, 9.17) is 8.85 Å². The van der Waals surface area contributed by atoms with Gasteiger partial charge in [-0.2, -0.15) is 0 Å². The van der Waals surface area contributed by atoms with Gasteiger partial charge in [0.2, 0.25) is 8.32 Å². The number of rotatable bonds is 7. The van der Waals surface area contributed by atoms with E-state index in [9.17, 15) is 0 Å². The third-order valence-electron chi connectivity index (χ3n) is 11.9. The zero-order valence-corrected chi connectivity index (χ0v) is 28.7. The number of fused-ring (bicyclic) bond motifs is 5. The van der Waals surface area contributed by atoms with Gasteiger partial charge in [0.15, 0.2) is 8.32 Å². The smallest absolute Gasteiger partial charge is 0.250 e. The summed E-state index contributed by atoms with van der Waals surface area (Å²) in [6.07, 6.45) is 11.3. The van der Waals surface area contributed by atoms with E-state index in [1.54, 1.807) is 11.1 Å². The Balaban J connectivity index is 1.65. The lowest BCUT2D eigenvalue weighted by molar-refractivity contribution is -0.0443. The van der Waals surface area contributed by atoms with Crippen LogP contribution in [0.2, 0.25) is 36.3 Å². The molecule has 2 fully saturated rings. The van der Waals surface area contributed by atoms with Gasteiger partial charge in [0.1, 0.15) is 5.75 Å². The summed E-state index contributed by atoms with van der Waals surface area (Å²) in [6, 6.07) is 7.19. The maximum atomic E-state index is 7.23. The Morgan fingerprint density at radius 2 is 1.63 bits per heavy atom. The molecule has 1 aromatic rings. The molecule has 6 atom stereocenters. The number of allylic oxidation sites excluding steroid dienone is 1. The van der Waals surface area contributed by atoms with Crippen molar-refractivity contribution in [3.63, 3.8) is 0 Å². The Kier molecular flexibility index (Phi) is 8.09. The van der Waals surface area contributed by atoms with Crippen LogP contribution in [-0.2, 0) is 10.8 Å². The molecule has 2 saturated carbocycles. The van der Waals surface area contributed by atoms with Crippen molar-refractivity contribution in [2.45, 2.75) is 142 Å². The Labute approximate surface area is 237 Å². The molecule has 0 N–H and O–H groups in total. The van der Waals surface area contributed by atoms with Crippen LogP contribution in [0.5, 0.6) is 5.75 Å². The average Bonchev–Trinajstić information content (AvgIpc) is 3.10. The van der Waals surface area contributed by atoms with Crippen LogP contribution in [0.15, 0.2) is 30.9 Å². The molecule has 0 radical (unpaired) electrons. The molecular weight excluding hydrogens is 497 g/mol. The van der Waals surface area contributed by atoms with E-state index in [0.717, 1.165) is 24.0 Å². The van der Waals surface area contributed by atoms with Gasteiger partial charge in [-0.1, -0.05) is 60.6 Å². The van der Waals surface area contributed by atoms with Crippen molar-refractivity contribution in [2.24, 2.45) is 23.2 Å². The summed E-state index contributed by atoms with van der Waals surface area (Å²) in [6.45, 7) is 30.5. The monoisotopic (exact) mass is 554 g/mol. The minimum absolute atomic E-state index is 0.211. The van der Waals surface area contributed by atoms with Gasteiger partial charge in [-0.3, -0.25) is 0 Å². The molecule has 0 saturated heterocycles. The molecule has 0 aromatic heterocycles. The van der Waals surface area contributed by atoms with Crippen molar-refractivity contribution in [2.75, 3.05) is 0 Å². The average molecular weight is 555 g/mol. The predicted molar refractivity (Wildman–Crippen MR) is 169 cm³/mol. The number of hydrogen-bond acceptors (Lipinski definition) is 2. The predicted octanol–water partition coefficient (Wildman–Crippen LogP) is 10.5. The van der Waals surface area contributed by atoms with Crippen LogP contribution >= 0.6 is 0 Å². The van der Waals surface area contributed by atoms with Gasteiger partial charge in [-0.15, -0.1) is 6.58 Å². The Bertz CT molecular complexity index is 1010. The largest absolute Gasteiger partial charge is 0.543 e. The lowest BCUT2D eigenvalue weighted by Gasteiger charge is -2.55. The quantitative estimate of drug-likeness (QED) is 0.246. The maximum Gasteiger partial charge on any atom is 0.250 e. The van der Waals surface area contributed by atoms with Crippen LogP contribution in [0.25, 0.3) is 0 Å². The fourth-order valence-electron chi connectivity index (χ4n) is 7.67. The lowest BCUT2D eigenvalue weighted by Crippen LogP contribution is -2.52. The summed E-state index contributed by atoms with van der Waals surface area (Å²) >= 11 is 0. The van der Waals surface area contributed by atoms with Crippen molar-refractivity contribution in [1.29, 1.82) is 0 Å². The molecule has 0 amide bonds. The van der Waals surface area contributed by atoms with Crippen molar-refractivity contribution in [3.05, 3.63) is 42.0 Å². The van der Waals surface area contributed by atoms with E-state index in [1.807, 2.05) is 0 Å². The standard InChI is InChI=1S/C34H58O2Si2/c1-13-14-15-25-23-34(8)29(20-21-30(34)36-38(11,12)33(5,6)7)28-18-16-24-22-26(17-19-27(24)31(25)28)35-37(9,10)32(2,3)4/h13,17,19,22,25,28-31H,1,14-16,18,20-21,23H2,2-12H3/t25-,28-,29-,30-,31+,34-/m0/s1. The van der Waals surface area contributed by atoms with Gasteiger partial charge in [0, 0.05) is 0 Å². The second-order valence-electron chi connectivity index (χ2n) is 16.3. The second kappa shape index (κ2) is 10.2. The van der Waals surface area contributed by atoms with Gasteiger partial charge in [-0.25, -0.2) is 0 Å². The highest BCUT2D eigenvalue weighted by Crippen LogP contribution is 2.65. The first kappa shape index (κ1) is 30.1. The van der Waals surface area contributed by atoms with Gasteiger partial charge >= 0.3 is 0 Å². The molecule has 0 heterocycles. The molecule has 0 unspecified atom stereocenters. The fourth-order valence-corrected chi connectivity index (χ4v) is 10.1. The molecule has 4 rings (SSSR count). The number of hydrogen-bond donors (Lipinski definition) is 0. The van der Waals surface area contributed by atoms with E-state index < -0.39 is 16.6 Å². The minimum atomic E-state index is -1.85. The van der Waals surface area contributed by atoms with Crippen molar-refractivity contribution < 1.29 is 8.85 Å². The highest BCUT2D eigenvalue weighted by atomic mass is 28.4. The van der Waals surface area contributed by atoms with Gasteiger partial charge < -0.3 is 8.85 Å². The first-order valence-corrected chi connectivity index (χ1v) is 21.3. The molecule has 0 aliphatic heterocycles. The topological polar surface area (TPSA) is 18.5 Å². The summed E-state index contributed by atoms with van der Waals surface area (Å²) < 4.78 is 14.0. The third kappa shape index (κ3) is 5.40. The summed E-state index contributed by atoms with van der Waals surface area (Å²) in [7, 11) is -3.66. The second-order valence-corrected chi connectivity index (χ2v) is 25.8. The van der Waals surface area contributed by atoms with Crippen molar-refractivity contribution in [1.82, 2.24) is 0 Å². The first-order valence-electron chi connectivity index (χ1n) is 15.5. The molecular formula is C34H58O2Si2. The molecule has 1 aromatic carbocycles. The van der Waals surface area contributed by atoms with E-state index in [-0.39, 0.29) is 10.1 Å². The normalized spacial score (nSPS) is 31.8. The molecule has 4 heteroatoms. The van der Waals surface area contributed by atoms with Crippen LogP contribution in [0.3, 0.4) is 0 Å². The molecule has 3 aliphatic rings. The van der Waals surface area contributed by atoms with Crippen LogP contribution in [0, 0.1) is 23.2 Å². The maximum absolute atomic E-state index is 7.23. The van der Waals surface area contributed by atoms with Crippen LogP contribution in [-0.4, -0.2) is 22.7 Å². The molecule has 0 spiro atoms. The Hall–Kier alpha value is -0.846. The summed E-state index contributed by atoms with van der Waals surface area (Å²) in [4.78, 5) is 0. The van der Waals surface area contributed by atoms with Crippen LogP contribution < -0.4 is 4.43 Å². The lowest BCUT2D eigenvalue weighted by atomic mass is 9.51. The van der Waals surface area contributed by atoms with Crippen LogP contribution in [0.1, 0.15) is 104 Å². The SMILES string of the molecule is C=CCC[C@H]1C[C@]2(C)[C@@H](O[Si](C)(C)C(C)(C)C)CC[C@H]2[C@@H]2CCc3cc(O[Si](C)(C)C(C)(C)C)ccc3[C@@H]12.